The molecule has 1 amide bonds. The van der Waals surface area contributed by atoms with Crippen molar-refractivity contribution >= 4 is 34.8 Å². The van der Waals surface area contributed by atoms with Crippen LogP contribution in [-0.2, 0) is 0 Å². The Morgan fingerprint density at radius 2 is 1.96 bits per heavy atom. The van der Waals surface area contributed by atoms with E-state index in [1.165, 1.54) is 12.3 Å². The van der Waals surface area contributed by atoms with Gasteiger partial charge in [0.25, 0.3) is 5.91 Å². The third kappa shape index (κ3) is 4.10. The highest BCUT2D eigenvalue weighted by atomic mass is 35.5. The summed E-state index contributed by atoms with van der Waals surface area (Å²) in [5.41, 5.74) is 1.69. The number of aromatic nitrogens is 2. The van der Waals surface area contributed by atoms with Crippen LogP contribution < -0.4 is 10.6 Å². The van der Waals surface area contributed by atoms with E-state index in [-0.39, 0.29) is 11.6 Å². The number of halogens is 1. The number of carbonyl (C=O) groups is 1. The van der Waals surface area contributed by atoms with Crippen LogP contribution in [0.3, 0.4) is 0 Å². The molecule has 0 bridgehead atoms. The summed E-state index contributed by atoms with van der Waals surface area (Å²) in [6.45, 7) is 0. The number of hydrogen-bond acceptors (Lipinski definition) is 5. The van der Waals surface area contributed by atoms with Gasteiger partial charge in [-0.05, 0) is 36.4 Å². The maximum absolute atomic E-state index is 12.4. The Morgan fingerprint density at radius 1 is 1.12 bits per heavy atom. The van der Waals surface area contributed by atoms with Crippen LogP contribution in [0.1, 0.15) is 16.1 Å². The second-order valence-corrected chi connectivity index (χ2v) is 5.45. The molecule has 0 unspecified atom stereocenters. The first-order valence-corrected chi connectivity index (χ1v) is 7.69. The van der Waals surface area contributed by atoms with Crippen LogP contribution >= 0.6 is 11.6 Å². The second-order valence-electron chi connectivity index (χ2n) is 5.01. The summed E-state index contributed by atoms with van der Waals surface area (Å²) < 4.78 is 0. The molecular weight excluding hydrogens is 338 g/mol. The van der Waals surface area contributed by atoms with Crippen LogP contribution in [0, 0.1) is 11.3 Å². The highest BCUT2D eigenvalue weighted by Gasteiger charge is 2.11. The van der Waals surface area contributed by atoms with Crippen molar-refractivity contribution in [2.45, 2.75) is 0 Å². The van der Waals surface area contributed by atoms with E-state index < -0.39 is 5.91 Å². The summed E-state index contributed by atoms with van der Waals surface area (Å²) in [6.07, 6.45) is 1.48. The van der Waals surface area contributed by atoms with Crippen LogP contribution in [0.5, 0.6) is 0 Å². The first-order chi connectivity index (χ1) is 12.2. The largest absolute Gasteiger partial charge is 0.324 e. The monoisotopic (exact) mass is 349 g/mol. The highest BCUT2D eigenvalue weighted by Crippen LogP contribution is 2.18. The number of benzene rings is 2. The molecule has 0 aliphatic carbocycles. The molecule has 122 valence electrons. The first-order valence-electron chi connectivity index (χ1n) is 7.32. The van der Waals surface area contributed by atoms with Crippen molar-refractivity contribution in [1.29, 1.82) is 5.26 Å². The second kappa shape index (κ2) is 7.43. The molecule has 0 fully saturated rings. The molecule has 0 saturated carbocycles. The molecule has 0 aliphatic rings. The van der Waals surface area contributed by atoms with E-state index in [1.807, 2.05) is 12.1 Å². The minimum absolute atomic E-state index is 0.173. The van der Waals surface area contributed by atoms with Gasteiger partial charge in [0.15, 0.2) is 0 Å². The maximum atomic E-state index is 12.4. The number of nitrogens with one attached hydrogen (secondary N) is 2. The number of anilines is 3. The highest BCUT2D eigenvalue weighted by molar-refractivity contribution is 6.30. The minimum Gasteiger partial charge on any atom is -0.324 e. The number of carbonyl (C=O) groups excluding carboxylic acids is 1. The molecule has 0 saturated heterocycles. The zero-order valence-electron chi connectivity index (χ0n) is 12.9. The molecular formula is C18H12ClN5O. The summed E-state index contributed by atoms with van der Waals surface area (Å²) in [7, 11) is 0. The number of rotatable bonds is 4. The quantitative estimate of drug-likeness (QED) is 0.743. The lowest BCUT2D eigenvalue weighted by Gasteiger charge is -2.08. The van der Waals surface area contributed by atoms with Gasteiger partial charge in [0.2, 0.25) is 5.95 Å². The Bertz CT molecular complexity index is 967. The predicted octanol–water partition coefficient (Wildman–Crippen LogP) is 4.00. The van der Waals surface area contributed by atoms with E-state index in [1.54, 1.807) is 42.5 Å². The molecule has 0 spiro atoms. The van der Waals surface area contributed by atoms with E-state index in [2.05, 4.69) is 20.6 Å². The molecule has 0 aliphatic heterocycles. The van der Waals surface area contributed by atoms with Gasteiger partial charge in [-0.25, -0.2) is 9.97 Å². The summed E-state index contributed by atoms with van der Waals surface area (Å²) >= 11 is 5.94. The van der Waals surface area contributed by atoms with Gasteiger partial charge in [0, 0.05) is 16.9 Å². The summed E-state index contributed by atoms with van der Waals surface area (Å²) in [5.74, 6) is -0.164. The third-order valence-corrected chi connectivity index (χ3v) is 3.50. The maximum Gasteiger partial charge on any atom is 0.274 e. The average Bonchev–Trinajstić information content (AvgIpc) is 2.62. The molecule has 2 aromatic carbocycles. The molecule has 25 heavy (non-hydrogen) atoms. The van der Waals surface area contributed by atoms with Gasteiger partial charge in [-0.3, -0.25) is 4.79 Å². The Hall–Kier alpha value is -3.43. The van der Waals surface area contributed by atoms with Crippen molar-refractivity contribution in [2.24, 2.45) is 0 Å². The van der Waals surface area contributed by atoms with Crippen molar-refractivity contribution in [1.82, 2.24) is 9.97 Å². The van der Waals surface area contributed by atoms with Crippen molar-refractivity contribution < 1.29 is 4.79 Å². The Kier molecular flexibility index (Phi) is 4.88. The van der Waals surface area contributed by atoms with Gasteiger partial charge >= 0.3 is 0 Å². The standard InChI is InChI=1S/C18H12ClN5O/c19-13-5-3-6-14(10-13)22-18-21-9-8-16(24-18)17(25)23-15-7-2-1-4-12(15)11-20/h1-10H,(H,23,25)(H,21,22,24). The van der Waals surface area contributed by atoms with Gasteiger partial charge in [-0.2, -0.15) is 5.26 Å². The number of hydrogen-bond donors (Lipinski definition) is 2. The van der Waals surface area contributed by atoms with Crippen molar-refractivity contribution in [3.8, 4) is 6.07 Å². The topological polar surface area (TPSA) is 90.7 Å². The van der Waals surface area contributed by atoms with Gasteiger partial charge in [-0.1, -0.05) is 29.8 Å². The summed E-state index contributed by atoms with van der Waals surface area (Å²) in [6, 6.07) is 17.4. The molecule has 1 heterocycles. The van der Waals surface area contributed by atoms with Gasteiger partial charge in [-0.15, -0.1) is 0 Å². The number of amides is 1. The van der Waals surface area contributed by atoms with Crippen LogP contribution in [0.2, 0.25) is 5.02 Å². The molecule has 1 aromatic heterocycles. The van der Waals surface area contributed by atoms with Crippen LogP contribution in [0.15, 0.2) is 60.8 Å². The van der Waals surface area contributed by atoms with Crippen molar-refractivity contribution in [2.75, 3.05) is 10.6 Å². The van der Waals surface area contributed by atoms with Crippen LogP contribution in [-0.4, -0.2) is 15.9 Å². The van der Waals surface area contributed by atoms with E-state index in [9.17, 15) is 4.79 Å². The van der Waals surface area contributed by atoms with Gasteiger partial charge in [0.1, 0.15) is 11.8 Å². The fourth-order valence-electron chi connectivity index (χ4n) is 2.12. The molecule has 3 aromatic rings. The van der Waals surface area contributed by atoms with Crippen molar-refractivity contribution in [3.63, 3.8) is 0 Å². The lowest BCUT2D eigenvalue weighted by atomic mass is 10.2. The summed E-state index contributed by atoms with van der Waals surface area (Å²) in [5, 5.41) is 15.3. The Labute approximate surface area is 149 Å². The summed E-state index contributed by atoms with van der Waals surface area (Å²) in [4.78, 5) is 20.7. The number of nitriles is 1. The van der Waals surface area contributed by atoms with Crippen LogP contribution in [0.25, 0.3) is 0 Å². The third-order valence-electron chi connectivity index (χ3n) is 3.26. The zero-order valence-corrected chi connectivity index (χ0v) is 13.7. The average molecular weight is 350 g/mol. The predicted molar refractivity (Wildman–Crippen MR) is 95.9 cm³/mol. The molecule has 0 atom stereocenters. The lowest BCUT2D eigenvalue weighted by molar-refractivity contribution is 0.102. The minimum atomic E-state index is -0.431. The van der Waals surface area contributed by atoms with Gasteiger partial charge < -0.3 is 10.6 Å². The van der Waals surface area contributed by atoms with E-state index in [0.717, 1.165) is 0 Å². The van der Waals surface area contributed by atoms with Crippen LogP contribution in [0.4, 0.5) is 17.3 Å². The number of nitrogens with zero attached hydrogens (tertiary/aromatic N) is 3. The van der Waals surface area contributed by atoms with Crippen molar-refractivity contribution in [3.05, 3.63) is 77.1 Å². The molecule has 3 rings (SSSR count). The smallest absolute Gasteiger partial charge is 0.274 e. The first kappa shape index (κ1) is 16.4. The molecule has 0 radical (unpaired) electrons. The van der Waals surface area contributed by atoms with Gasteiger partial charge in [0.05, 0.1) is 11.3 Å². The zero-order chi connectivity index (χ0) is 17.6. The normalized spacial score (nSPS) is 9.92. The van der Waals surface area contributed by atoms with E-state index >= 15 is 0 Å². The van der Waals surface area contributed by atoms with E-state index in [4.69, 9.17) is 16.9 Å². The Morgan fingerprint density at radius 3 is 2.76 bits per heavy atom. The molecule has 6 nitrogen and oxygen atoms in total. The van der Waals surface area contributed by atoms with E-state index in [0.29, 0.717) is 22.0 Å². The fourth-order valence-corrected chi connectivity index (χ4v) is 2.31. The molecule has 7 heteroatoms. The Balaban J connectivity index is 1.79. The number of para-hydroxylation sites is 1. The molecule has 2 N–H and O–H groups in total. The SMILES string of the molecule is N#Cc1ccccc1NC(=O)c1ccnc(Nc2cccc(Cl)c2)n1. The lowest BCUT2D eigenvalue weighted by Crippen LogP contribution is -2.15. The fraction of sp³-hybridized carbons (Fsp3) is 0.